The maximum Gasteiger partial charge on any atom is 0.235 e. The van der Waals surface area contributed by atoms with Crippen molar-refractivity contribution in [3.63, 3.8) is 0 Å². The number of hydrogen-bond donors (Lipinski definition) is 1. The van der Waals surface area contributed by atoms with Gasteiger partial charge in [0.1, 0.15) is 5.01 Å². The molecular formula is C11H16N4O2S. The molecule has 1 fully saturated rings. The zero-order valence-electron chi connectivity index (χ0n) is 10.7. The number of aromatic nitrogens is 2. The third-order valence-corrected chi connectivity index (χ3v) is 3.67. The van der Waals surface area contributed by atoms with Gasteiger partial charge in [0, 0.05) is 13.0 Å². The van der Waals surface area contributed by atoms with E-state index in [0.717, 1.165) is 6.54 Å². The molecule has 6 nitrogen and oxygen atoms in total. The number of imide groups is 1. The van der Waals surface area contributed by atoms with E-state index in [0.29, 0.717) is 10.1 Å². The Morgan fingerprint density at radius 3 is 2.67 bits per heavy atom. The van der Waals surface area contributed by atoms with Crippen molar-refractivity contribution >= 4 is 28.3 Å². The maximum absolute atomic E-state index is 12.0. The summed E-state index contributed by atoms with van der Waals surface area (Å²) >= 11 is 1.37. The topological polar surface area (TPSA) is 75.2 Å². The first-order valence-electron chi connectivity index (χ1n) is 5.85. The predicted molar refractivity (Wildman–Crippen MR) is 68.0 cm³/mol. The lowest BCUT2D eigenvalue weighted by atomic mass is 9.92. The molecule has 0 aliphatic carbocycles. The summed E-state index contributed by atoms with van der Waals surface area (Å²) in [4.78, 5) is 25.1. The van der Waals surface area contributed by atoms with Crippen molar-refractivity contribution in [2.45, 2.75) is 33.7 Å². The van der Waals surface area contributed by atoms with Crippen molar-refractivity contribution in [2.24, 2.45) is 5.41 Å². The largest absolute Gasteiger partial charge is 0.360 e. The average molecular weight is 268 g/mol. The highest BCUT2D eigenvalue weighted by Gasteiger charge is 2.44. The Labute approximate surface area is 109 Å². The number of anilines is 1. The van der Waals surface area contributed by atoms with Gasteiger partial charge in [-0.15, -0.1) is 10.2 Å². The Kier molecular flexibility index (Phi) is 3.34. The number of rotatable bonds is 4. The fraction of sp³-hybridized carbons (Fsp3) is 0.636. The van der Waals surface area contributed by atoms with E-state index in [-0.39, 0.29) is 24.8 Å². The molecule has 2 amide bonds. The number of hydrogen-bond acceptors (Lipinski definition) is 6. The van der Waals surface area contributed by atoms with Crippen LogP contribution in [0.4, 0.5) is 5.13 Å². The van der Waals surface area contributed by atoms with Crippen molar-refractivity contribution in [1.82, 2.24) is 15.1 Å². The van der Waals surface area contributed by atoms with Crippen molar-refractivity contribution in [3.8, 4) is 0 Å². The molecule has 1 aliphatic heterocycles. The van der Waals surface area contributed by atoms with Crippen molar-refractivity contribution in [3.05, 3.63) is 5.01 Å². The van der Waals surface area contributed by atoms with Crippen LogP contribution in [0.1, 0.15) is 32.2 Å². The van der Waals surface area contributed by atoms with Gasteiger partial charge in [0.2, 0.25) is 16.9 Å². The van der Waals surface area contributed by atoms with Gasteiger partial charge in [0.05, 0.1) is 12.0 Å². The van der Waals surface area contributed by atoms with Crippen LogP contribution in [-0.2, 0) is 16.1 Å². The molecule has 0 atom stereocenters. The molecule has 0 aromatic carbocycles. The molecule has 0 spiro atoms. The minimum atomic E-state index is -0.591. The summed E-state index contributed by atoms with van der Waals surface area (Å²) in [7, 11) is 0. The number of carbonyl (C=O) groups is 2. The fourth-order valence-corrected chi connectivity index (χ4v) is 2.66. The zero-order chi connectivity index (χ0) is 13.3. The number of nitrogens with one attached hydrogen (secondary N) is 1. The van der Waals surface area contributed by atoms with Crippen molar-refractivity contribution in [2.75, 3.05) is 11.9 Å². The van der Waals surface area contributed by atoms with Gasteiger partial charge in [0.25, 0.3) is 0 Å². The number of likely N-dealkylation sites (tertiary alicyclic amines) is 1. The molecule has 1 aliphatic rings. The minimum absolute atomic E-state index is 0.132. The fourth-order valence-electron chi connectivity index (χ4n) is 1.86. The van der Waals surface area contributed by atoms with Gasteiger partial charge in [-0.25, -0.2) is 0 Å². The Hall–Kier alpha value is -1.50. The van der Waals surface area contributed by atoms with Gasteiger partial charge >= 0.3 is 0 Å². The van der Waals surface area contributed by atoms with E-state index >= 15 is 0 Å². The van der Waals surface area contributed by atoms with Crippen molar-refractivity contribution < 1.29 is 9.59 Å². The van der Waals surface area contributed by atoms with E-state index in [1.807, 2.05) is 6.92 Å². The van der Waals surface area contributed by atoms with Crippen LogP contribution in [0, 0.1) is 5.41 Å². The lowest BCUT2D eigenvalue weighted by Gasteiger charge is -2.16. The monoisotopic (exact) mass is 268 g/mol. The van der Waals surface area contributed by atoms with Gasteiger partial charge in [-0.3, -0.25) is 14.5 Å². The Bertz CT molecular complexity index is 483. The van der Waals surface area contributed by atoms with E-state index < -0.39 is 5.41 Å². The molecule has 1 aromatic heterocycles. The molecular weight excluding hydrogens is 252 g/mol. The van der Waals surface area contributed by atoms with Crippen LogP contribution in [0.25, 0.3) is 0 Å². The van der Waals surface area contributed by atoms with E-state index in [1.165, 1.54) is 16.2 Å². The normalized spacial score (nSPS) is 18.5. The minimum Gasteiger partial charge on any atom is -0.360 e. The second-order valence-corrected chi connectivity index (χ2v) is 5.94. The van der Waals surface area contributed by atoms with E-state index in [9.17, 15) is 9.59 Å². The van der Waals surface area contributed by atoms with Crippen LogP contribution >= 0.6 is 11.3 Å². The van der Waals surface area contributed by atoms with Gasteiger partial charge < -0.3 is 5.32 Å². The van der Waals surface area contributed by atoms with Gasteiger partial charge in [0.15, 0.2) is 0 Å². The van der Waals surface area contributed by atoms with Crippen LogP contribution in [0.2, 0.25) is 0 Å². The Morgan fingerprint density at radius 2 is 2.11 bits per heavy atom. The highest BCUT2D eigenvalue weighted by atomic mass is 32.1. The summed E-state index contributed by atoms with van der Waals surface area (Å²) in [6.45, 7) is 6.54. The standard InChI is InChI=1S/C11H16N4O2S/c1-4-12-10-14-13-7(18-10)6-15-8(16)5-11(2,3)9(15)17/h4-6H2,1-3H3,(H,12,14). The highest BCUT2D eigenvalue weighted by molar-refractivity contribution is 7.15. The molecule has 0 saturated carbocycles. The molecule has 1 aromatic rings. The third-order valence-electron chi connectivity index (χ3n) is 2.81. The summed E-state index contributed by atoms with van der Waals surface area (Å²) in [6, 6.07) is 0. The van der Waals surface area contributed by atoms with Crippen LogP contribution < -0.4 is 5.32 Å². The molecule has 1 saturated heterocycles. The molecule has 1 N–H and O–H groups in total. The number of amides is 2. The molecule has 0 unspecified atom stereocenters. The zero-order valence-corrected chi connectivity index (χ0v) is 11.5. The lowest BCUT2D eigenvalue weighted by Crippen LogP contribution is -2.32. The van der Waals surface area contributed by atoms with Gasteiger partial charge in [-0.1, -0.05) is 25.2 Å². The molecule has 18 heavy (non-hydrogen) atoms. The van der Waals surface area contributed by atoms with Crippen LogP contribution in [0.3, 0.4) is 0 Å². The summed E-state index contributed by atoms with van der Waals surface area (Å²) < 4.78 is 0. The SMILES string of the molecule is CCNc1nnc(CN2C(=O)CC(C)(C)C2=O)s1. The van der Waals surface area contributed by atoms with Gasteiger partial charge in [-0.05, 0) is 6.92 Å². The summed E-state index contributed by atoms with van der Waals surface area (Å²) in [5.74, 6) is -0.266. The lowest BCUT2D eigenvalue weighted by molar-refractivity contribution is -0.141. The smallest absolute Gasteiger partial charge is 0.235 e. The second-order valence-electron chi connectivity index (χ2n) is 4.88. The quantitative estimate of drug-likeness (QED) is 0.832. The summed E-state index contributed by atoms with van der Waals surface area (Å²) in [6.07, 6.45) is 0.269. The van der Waals surface area contributed by atoms with E-state index in [4.69, 9.17) is 0 Å². The first-order valence-corrected chi connectivity index (χ1v) is 6.66. The van der Waals surface area contributed by atoms with E-state index in [1.54, 1.807) is 13.8 Å². The average Bonchev–Trinajstić information content (AvgIpc) is 2.78. The molecule has 0 radical (unpaired) electrons. The van der Waals surface area contributed by atoms with Crippen LogP contribution in [0.15, 0.2) is 0 Å². The maximum atomic E-state index is 12.0. The third kappa shape index (κ3) is 2.35. The summed E-state index contributed by atoms with van der Waals surface area (Å²) in [5.41, 5.74) is -0.591. The molecule has 98 valence electrons. The van der Waals surface area contributed by atoms with Crippen LogP contribution in [0.5, 0.6) is 0 Å². The van der Waals surface area contributed by atoms with Gasteiger partial charge in [-0.2, -0.15) is 0 Å². The Balaban J connectivity index is 2.09. The molecule has 0 bridgehead atoms. The molecule has 2 heterocycles. The van der Waals surface area contributed by atoms with E-state index in [2.05, 4.69) is 15.5 Å². The van der Waals surface area contributed by atoms with Crippen molar-refractivity contribution in [1.29, 1.82) is 0 Å². The first kappa shape index (κ1) is 12.9. The predicted octanol–water partition coefficient (Wildman–Crippen LogP) is 1.25. The number of carbonyl (C=O) groups excluding carboxylic acids is 2. The second kappa shape index (κ2) is 4.64. The highest BCUT2D eigenvalue weighted by Crippen LogP contribution is 2.33. The summed E-state index contributed by atoms with van der Waals surface area (Å²) in [5, 5.41) is 12.4. The molecule has 7 heteroatoms. The van der Waals surface area contributed by atoms with Crippen LogP contribution in [-0.4, -0.2) is 33.5 Å². The first-order chi connectivity index (χ1) is 8.44. The molecule has 2 rings (SSSR count). The Morgan fingerprint density at radius 1 is 1.39 bits per heavy atom. The number of nitrogens with zero attached hydrogens (tertiary/aromatic N) is 3.